The van der Waals surface area contributed by atoms with Crippen molar-refractivity contribution in [1.29, 1.82) is 0 Å². The Hall–Kier alpha value is -3.08. The summed E-state index contributed by atoms with van der Waals surface area (Å²) >= 11 is 0. The minimum absolute atomic E-state index is 0.113. The number of nitrogens with zero attached hydrogens (tertiary/aromatic N) is 3. The van der Waals surface area contributed by atoms with Gasteiger partial charge in [0.15, 0.2) is 0 Å². The molecule has 0 bridgehead atoms. The second-order valence-electron chi connectivity index (χ2n) is 9.05. The number of hydrogen-bond acceptors (Lipinski definition) is 4. The molecule has 1 amide bonds. The molecule has 4 rings (SSSR count). The Kier molecular flexibility index (Phi) is 6.93. The summed E-state index contributed by atoms with van der Waals surface area (Å²) in [6, 6.07) is 12.3. The molecular formula is C27H32N4O. The molecule has 2 heterocycles. The number of aromatic nitrogens is 3. The Labute approximate surface area is 190 Å². The number of nitrogens with one attached hydrogen (secondary N) is 1. The molecule has 1 atom stereocenters. The lowest BCUT2D eigenvalue weighted by Gasteiger charge is -2.29. The molecule has 0 radical (unpaired) electrons. The number of carbonyl (C=O) groups excluding carboxylic acids is 1. The van der Waals surface area contributed by atoms with Crippen molar-refractivity contribution in [1.82, 2.24) is 20.3 Å². The Morgan fingerprint density at radius 3 is 2.41 bits per heavy atom. The standard InChI is InChI=1S/C27H32N4O/c1-18-4-8-22(9-5-18)19(2)27(32)30-16-21-6-10-24(11-7-21)26-25(17-29-20(3)31-26)23-12-14-28-15-13-23/h4-5,8-9,12-15,17,19,21,24H,6-7,10-11,16H2,1-3H3,(H,30,32)/t19-,21?,24?/m1/s1. The molecule has 1 aromatic carbocycles. The van der Waals surface area contributed by atoms with Gasteiger partial charge in [-0.3, -0.25) is 9.78 Å². The largest absolute Gasteiger partial charge is 0.355 e. The number of hydrogen-bond donors (Lipinski definition) is 1. The predicted octanol–water partition coefficient (Wildman–Crippen LogP) is 5.35. The highest BCUT2D eigenvalue weighted by Gasteiger charge is 2.26. The first-order chi connectivity index (χ1) is 15.5. The van der Waals surface area contributed by atoms with Crippen LogP contribution in [0.4, 0.5) is 0 Å². The van der Waals surface area contributed by atoms with E-state index in [0.717, 1.165) is 60.4 Å². The maximum Gasteiger partial charge on any atom is 0.227 e. The first kappa shape index (κ1) is 22.1. The number of carbonyl (C=O) groups is 1. The normalized spacial score (nSPS) is 19.3. The van der Waals surface area contributed by atoms with Crippen LogP contribution in [0.15, 0.2) is 55.0 Å². The van der Waals surface area contributed by atoms with Crippen LogP contribution in [0.1, 0.15) is 67.1 Å². The van der Waals surface area contributed by atoms with E-state index in [1.54, 1.807) is 0 Å². The van der Waals surface area contributed by atoms with Crippen molar-refractivity contribution in [3.8, 4) is 11.1 Å². The summed E-state index contributed by atoms with van der Waals surface area (Å²) in [4.78, 5) is 26.1. The molecule has 166 valence electrons. The summed E-state index contributed by atoms with van der Waals surface area (Å²) in [6.07, 6.45) is 9.95. The summed E-state index contributed by atoms with van der Waals surface area (Å²) in [5.74, 6) is 1.75. The number of rotatable bonds is 6. The van der Waals surface area contributed by atoms with Gasteiger partial charge in [0.05, 0.1) is 11.6 Å². The van der Waals surface area contributed by atoms with Gasteiger partial charge < -0.3 is 5.32 Å². The van der Waals surface area contributed by atoms with Gasteiger partial charge in [0.2, 0.25) is 5.91 Å². The van der Waals surface area contributed by atoms with Crippen molar-refractivity contribution in [2.75, 3.05) is 6.54 Å². The minimum Gasteiger partial charge on any atom is -0.355 e. The number of pyridine rings is 1. The molecule has 2 aromatic heterocycles. The zero-order chi connectivity index (χ0) is 22.5. The van der Waals surface area contributed by atoms with Gasteiger partial charge >= 0.3 is 0 Å². The average Bonchev–Trinajstić information content (AvgIpc) is 2.83. The van der Waals surface area contributed by atoms with Crippen LogP contribution in [0, 0.1) is 19.8 Å². The van der Waals surface area contributed by atoms with Crippen molar-refractivity contribution in [2.24, 2.45) is 5.92 Å². The highest BCUT2D eigenvalue weighted by Crippen LogP contribution is 2.38. The number of amides is 1. The second-order valence-corrected chi connectivity index (χ2v) is 9.05. The van der Waals surface area contributed by atoms with Crippen LogP contribution in [0.3, 0.4) is 0 Å². The first-order valence-electron chi connectivity index (χ1n) is 11.6. The third-order valence-corrected chi connectivity index (χ3v) is 6.70. The Bertz CT molecular complexity index is 1040. The van der Waals surface area contributed by atoms with Crippen molar-refractivity contribution in [2.45, 2.75) is 58.3 Å². The van der Waals surface area contributed by atoms with Crippen LogP contribution in [0.25, 0.3) is 11.1 Å². The third-order valence-electron chi connectivity index (χ3n) is 6.70. The fourth-order valence-electron chi connectivity index (χ4n) is 4.60. The van der Waals surface area contributed by atoms with E-state index in [4.69, 9.17) is 4.98 Å². The minimum atomic E-state index is -0.126. The molecule has 1 aliphatic carbocycles. The molecule has 0 aliphatic heterocycles. The molecule has 32 heavy (non-hydrogen) atoms. The molecule has 0 saturated heterocycles. The van der Waals surface area contributed by atoms with Crippen LogP contribution in [-0.2, 0) is 4.79 Å². The Morgan fingerprint density at radius 2 is 1.72 bits per heavy atom. The monoisotopic (exact) mass is 428 g/mol. The maximum atomic E-state index is 12.7. The molecule has 1 saturated carbocycles. The van der Waals surface area contributed by atoms with Crippen LogP contribution in [0.5, 0.6) is 0 Å². The van der Waals surface area contributed by atoms with E-state index >= 15 is 0 Å². The molecule has 1 fully saturated rings. The summed E-state index contributed by atoms with van der Waals surface area (Å²) in [7, 11) is 0. The summed E-state index contributed by atoms with van der Waals surface area (Å²) in [5, 5.41) is 3.19. The maximum absolute atomic E-state index is 12.7. The fraction of sp³-hybridized carbons (Fsp3) is 0.407. The van der Waals surface area contributed by atoms with Crippen LogP contribution >= 0.6 is 0 Å². The summed E-state index contributed by atoms with van der Waals surface area (Å²) in [6.45, 7) is 6.75. The van der Waals surface area contributed by atoms with Gasteiger partial charge in [-0.2, -0.15) is 0 Å². The van der Waals surface area contributed by atoms with E-state index in [2.05, 4.69) is 46.5 Å². The molecular weight excluding hydrogens is 396 g/mol. The molecule has 5 heteroatoms. The zero-order valence-electron chi connectivity index (χ0n) is 19.2. The lowest BCUT2D eigenvalue weighted by Crippen LogP contribution is -2.33. The first-order valence-corrected chi connectivity index (χ1v) is 11.6. The van der Waals surface area contributed by atoms with E-state index in [9.17, 15) is 4.79 Å². The van der Waals surface area contributed by atoms with Gasteiger partial charge in [-0.1, -0.05) is 29.8 Å². The van der Waals surface area contributed by atoms with E-state index in [-0.39, 0.29) is 11.8 Å². The zero-order valence-corrected chi connectivity index (χ0v) is 19.2. The lowest BCUT2D eigenvalue weighted by atomic mass is 9.79. The van der Waals surface area contributed by atoms with Crippen molar-refractivity contribution in [3.05, 3.63) is 77.6 Å². The molecule has 0 unspecified atom stereocenters. The predicted molar refractivity (Wildman–Crippen MR) is 127 cm³/mol. The van der Waals surface area contributed by atoms with E-state index in [1.807, 2.05) is 44.6 Å². The highest BCUT2D eigenvalue weighted by atomic mass is 16.1. The molecule has 1 N–H and O–H groups in total. The van der Waals surface area contributed by atoms with Crippen molar-refractivity contribution >= 4 is 5.91 Å². The summed E-state index contributed by atoms with van der Waals surface area (Å²) < 4.78 is 0. The lowest BCUT2D eigenvalue weighted by molar-refractivity contribution is -0.122. The number of aryl methyl sites for hydroxylation is 2. The smallest absolute Gasteiger partial charge is 0.227 e. The van der Waals surface area contributed by atoms with Gasteiger partial charge in [0.25, 0.3) is 0 Å². The van der Waals surface area contributed by atoms with Crippen molar-refractivity contribution < 1.29 is 4.79 Å². The highest BCUT2D eigenvalue weighted by molar-refractivity contribution is 5.83. The molecule has 5 nitrogen and oxygen atoms in total. The molecule has 1 aliphatic rings. The van der Waals surface area contributed by atoms with Gasteiger partial charge in [-0.05, 0) is 75.6 Å². The molecule has 0 spiro atoms. The average molecular weight is 429 g/mol. The van der Waals surface area contributed by atoms with E-state index in [1.165, 1.54) is 5.56 Å². The Morgan fingerprint density at radius 1 is 1.03 bits per heavy atom. The quantitative estimate of drug-likeness (QED) is 0.575. The van der Waals surface area contributed by atoms with E-state index in [0.29, 0.717) is 11.8 Å². The SMILES string of the molecule is Cc1ccc([C@@H](C)C(=O)NCC2CCC(c3nc(C)ncc3-c3ccncc3)CC2)cc1. The van der Waals surface area contributed by atoms with Crippen LogP contribution < -0.4 is 5.32 Å². The summed E-state index contributed by atoms with van der Waals surface area (Å²) in [5.41, 5.74) is 5.67. The fourth-order valence-corrected chi connectivity index (χ4v) is 4.60. The number of benzene rings is 1. The van der Waals surface area contributed by atoms with Crippen LogP contribution in [0.2, 0.25) is 0 Å². The molecule has 3 aromatic rings. The topological polar surface area (TPSA) is 67.8 Å². The van der Waals surface area contributed by atoms with Gasteiger partial charge in [0, 0.05) is 36.6 Å². The van der Waals surface area contributed by atoms with Gasteiger partial charge in [0.1, 0.15) is 5.82 Å². The van der Waals surface area contributed by atoms with E-state index < -0.39 is 0 Å². The Balaban J connectivity index is 1.34. The van der Waals surface area contributed by atoms with Gasteiger partial charge in [-0.25, -0.2) is 9.97 Å². The second kappa shape index (κ2) is 10.0. The third kappa shape index (κ3) is 5.21. The van der Waals surface area contributed by atoms with Gasteiger partial charge in [-0.15, -0.1) is 0 Å². The van der Waals surface area contributed by atoms with Crippen LogP contribution in [-0.4, -0.2) is 27.4 Å². The van der Waals surface area contributed by atoms with Crippen molar-refractivity contribution in [3.63, 3.8) is 0 Å².